The first kappa shape index (κ1) is 12.9. The van der Waals surface area contributed by atoms with E-state index in [2.05, 4.69) is 15.3 Å². The minimum atomic E-state index is -0.453. The van der Waals surface area contributed by atoms with Crippen molar-refractivity contribution in [2.24, 2.45) is 4.99 Å². The van der Waals surface area contributed by atoms with E-state index in [1.165, 1.54) is 18.6 Å². The van der Waals surface area contributed by atoms with Crippen molar-refractivity contribution in [2.75, 3.05) is 5.32 Å². The molecule has 88 valence electrons. The Balaban J connectivity index is 2.94. The summed E-state index contributed by atoms with van der Waals surface area (Å²) in [6, 6.07) is 1.35. The van der Waals surface area contributed by atoms with Crippen LogP contribution >= 0.6 is 0 Å². The van der Waals surface area contributed by atoms with Gasteiger partial charge in [0.05, 0.1) is 17.0 Å². The van der Waals surface area contributed by atoms with Crippen LogP contribution in [0.15, 0.2) is 28.9 Å². The van der Waals surface area contributed by atoms with Gasteiger partial charge in [-0.25, -0.2) is 4.99 Å². The summed E-state index contributed by atoms with van der Waals surface area (Å²) >= 11 is 0. The van der Waals surface area contributed by atoms with Crippen molar-refractivity contribution in [1.82, 2.24) is 4.98 Å². The van der Waals surface area contributed by atoms with Crippen LogP contribution in [0, 0.1) is 17.0 Å². The minimum Gasteiger partial charge on any atom is -0.339 e. The number of rotatable bonds is 4. The third-order valence-electron chi connectivity index (χ3n) is 1.93. The SMILES string of the molecule is B/C(C)=C/N=C/Nc1c([N+](=O)[O-])ccnc1C. The number of nitro groups is 1. The largest absolute Gasteiger partial charge is 0.339 e. The number of hydrogen-bond acceptors (Lipinski definition) is 4. The molecule has 0 radical (unpaired) electrons. The molecule has 0 saturated heterocycles. The number of hydrogen-bond donors (Lipinski definition) is 1. The number of allylic oxidation sites excluding steroid dienone is 1. The second kappa shape index (κ2) is 5.79. The first-order valence-electron chi connectivity index (χ1n) is 5.04. The van der Waals surface area contributed by atoms with E-state index >= 15 is 0 Å². The average Bonchev–Trinajstić information content (AvgIpc) is 2.25. The summed E-state index contributed by atoms with van der Waals surface area (Å²) in [5.41, 5.74) is 1.95. The Morgan fingerprint density at radius 1 is 1.71 bits per heavy atom. The molecular formula is C10H13BN4O2. The highest BCUT2D eigenvalue weighted by molar-refractivity contribution is 6.21. The van der Waals surface area contributed by atoms with Gasteiger partial charge in [-0.2, -0.15) is 0 Å². The molecule has 0 spiro atoms. The molecule has 1 rings (SSSR count). The van der Waals surface area contributed by atoms with Crippen LogP contribution in [-0.4, -0.2) is 24.1 Å². The number of nitrogens with one attached hydrogen (secondary N) is 1. The Kier molecular flexibility index (Phi) is 4.39. The van der Waals surface area contributed by atoms with Crippen LogP contribution in [0.4, 0.5) is 11.4 Å². The molecule has 0 bridgehead atoms. The van der Waals surface area contributed by atoms with Gasteiger partial charge < -0.3 is 5.32 Å². The summed E-state index contributed by atoms with van der Waals surface area (Å²) in [5.74, 6) is 0. The molecule has 17 heavy (non-hydrogen) atoms. The minimum absolute atomic E-state index is 0.0128. The molecule has 0 aliphatic rings. The van der Waals surface area contributed by atoms with Gasteiger partial charge in [-0.15, -0.1) is 0 Å². The molecule has 0 saturated carbocycles. The van der Waals surface area contributed by atoms with E-state index in [0.717, 1.165) is 5.47 Å². The number of anilines is 1. The lowest BCUT2D eigenvalue weighted by atomic mass is 10.00. The summed E-state index contributed by atoms with van der Waals surface area (Å²) in [6.07, 6.45) is 4.47. The molecule has 6 nitrogen and oxygen atoms in total. The molecule has 1 heterocycles. The molecule has 0 amide bonds. The lowest BCUT2D eigenvalue weighted by molar-refractivity contribution is -0.384. The fourth-order valence-electron chi connectivity index (χ4n) is 1.17. The number of aromatic nitrogens is 1. The molecule has 7 heteroatoms. The summed E-state index contributed by atoms with van der Waals surface area (Å²) in [5, 5.41) is 13.6. The zero-order valence-corrected chi connectivity index (χ0v) is 9.97. The molecule has 0 aliphatic carbocycles. The predicted molar refractivity (Wildman–Crippen MR) is 70.0 cm³/mol. The van der Waals surface area contributed by atoms with Crippen molar-refractivity contribution >= 4 is 25.6 Å². The fraction of sp³-hybridized carbons (Fsp3) is 0.200. The zero-order valence-electron chi connectivity index (χ0n) is 9.97. The van der Waals surface area contributed by atoms with E-state index in [1.807, 2.05) is 14.8 Å². The van der Waals surface area contributed by atoms with Gasteiger partial charge in [0.2, 0.25) is 0 Å². The van der Waals surface area contributed by atoms with Crippen LogP contribution in [0.25, 0.3) is 0 Å². The average molecular weight is 232 g/mol. The van der Waals surface area contributed by atoms with Gasteiger partial charge in [0.25, 0.3) is 5.69 Å². The normalized spacial score (nSPS) is 11.8. The van der Waals surface area contributed by atoms with Crippen molar-refractivity contribution in [3.05, 3.63) is 39.7 Å². The van der Waals surface area contributed by atoms with E-state index in [9.17, 15) is 10.1 Å². The van der Waals surface area contributed by atoms with Crippen molar-refractivity contribution < 1.29 is 4.92 Å². The summed E-state index contributed by atoms with van der Waals surface area (Å²) in [4.78, 5) is 18.3. The molecule has 0 fully saturated rings. The second-order valence-corrected chi connectivity index (χ2v) is 3.68. The van der Waals surface area contributed by atoms with E-state index in [4.69, 9.17) is 0 Å². The highest BCUT2D eigenvalue weighted by Crippen LogP contribution is 2.25. The van der Waals surface area contributed by atoms with Crippen LogP contribution in [0.3, 0.4) is 0 Å². The van der Waals surface area contributed by atoms with Crippen LogP contribution in [0.1, 0.15) is 12.6 Å². The smallest absolute Gasteiger partial charge is 0.296 e. The Bertz CT molecular complexity index is 481. The molecular weight excluding hydrogens is 219 g/mol. The van der Waals surface area contributed by atoms with E-state index < -0.39 is 4.92 Å². The summed E-state index contributed by atoms with van der Waals surface area (Å²) in [7, 11) is 1.91. The van der Waals surface area contributed by atoms with Gasteiger partial charge >= 0.3 is 0 Å². The Morgan fingerprint density at radius 2 is 2.41 bits per heavy atom. The van der Waals surface area contributed by atoms with Crippen LogP contribution in [0.5, 0.6) is 0 Å². The van der Waals surface area contributed by atoms with Crippen molar-refractivity contribution in [3.8, 4) is 0 Å². The topological polar surface area (TPSA) is 80.4 Å². The van der Waals surface area contributed by atoms with Gasteiger partial charge in [-0.05, 0) is 6.92 Å². The molecule has 1 aromatic heterocycles. The van der Waals surface area contributed by atoms with Crippen molar-refractivity contribution in [3.63, 3.8) is 0 Å². The number of pyridine rings is 1. The highest BCUT2D eigenvalue weighted by Gasteiger charge is 2.14. The predicted octanol–water partition coefficient (Wildman–Crippen LogP) is 1.23. The first-order chi connectivity index (χ1) is 8.02. The Hall–Kier alpha value is -2.18. The maximum Gasteiger partial charge on any atom is 0.296 e. The number of nitrogens with zero attached hydrogens (tertiary/aromatic N) is 3. The summed E-state index contributed by atoms with van der Waals surface area (Å²) in [6.45, 7) is 3.61. The molecule has 1 N–H and O–H groups in total. The standard InChI is InChI=1S/C10H13BN4O2/c1-7(11)5-12-6-14-10-8(2)13-4-3-9(10)15(16)17/h3-6H,11H2,1-2H3,(H,12,14)/b7-5+. The maximum atomic E-state index is 10.8. The maximum absolute atomic E-state index is 10.8. The lowest BCUT2D eigenvalue weighted by Gasteiger charge is -2.04. The van der Waals surface area contributed by atoms with Crippen molar-refractivity contribution in [2.45, 2.75) is 13.8 Å². The molecule has 0 atom stereocenters. The molecule has 0 unspecified atom stereocenters. The van der Waals surface area contributed by atoms with Crippen LogP contribution < -0.4 is 5.32 Å². The first-order valence-corrected chi connectivity index (χ1v) is 5.04. The van der Waals surface area contributed by atoms with Gasteiger partial charge in [-0.3, -0.25) is 15.1 Å². The van der Waals surface area contributed by atoms with Gasteiger partial charge in [-0.1, -0.05) is 12.4 Å². The fourth-order valence-corrected chi connectivity index (χ4v) is 1.17. The Labute approximate surface area is 100 Å². The quantitative estimate of drug-likeness (QED) is 0.278. The number of aliphatic imine (C=N–C) groups is 1. The van der Waals surface area contributed by atoms with Crippen molar-refractivity contribution in [1.29, 1.82) is 0 Å². The third kappa shape index (κ3) is 3.71. The molecule has 0 aliphatic heterocycles. The van der Waals surface area contributed by atoms with Crippen LogP contribution in [0.2, 0.25) is 0 Å². The molecule has 1 aromatic rings. The lowest BCUT2D eigenvalue weighted by Crippen LogP contribution is -2.03. The van der Waals surface area contributed by atoms with Gasteiger partial charge in [0.15, 0.2) is 0 Å². The summed E-state index contributed by atoms with van der Waals surface area (Å²) < 4.78 is 0. The van der Waals surface area contributed by atoms with E-state index in [1.54, 1.807) is 13.1 Å². The van der Waals surface area contributed by atoms with E-state index in [-0.39, 0.29) is 5.69 Å². The Morgan fingerprint density at radius 3 is 3.00 bits per heavy atom. The third-order valence-corrected chi connectivity index (χ3v) is 1.93. The van der Waals surface area contributed by atoms with Crippen LogP contribution in [-0.2, 0) is 0 Å². The second-order valence-electron chi connectivity index (χ2n) is 3.68. The zero-order chi connectivity index (χ0) is 12.8. The van der Waals surface area contributed by atoms with Gasteiger partial charge in [0, 0.05) is 18.5 Å². The monoisotopic (exact) mass is 232 g/mol. The highest BCUT2D eigenvalue weighted by atomic mass is 16.6. The van der Waals surface area contributed by atoms with E-state index in [0.29, 0.717) is 11.4 Å². The van der Waals surface area contributed by atoms with Gasteiger partial charge in [0.1, 0.15) is 13.5 Å². The number of aryl methyl sites for hydroxylation is 1. The molecule has 0 aromatic carbocycles.